The number of hydrogen-bond acceptors (Lipinski definition) is 6. The molecule has 0 unspecified atom stereocenters. The van der Waals surface area contributed by atoms with Crippen molar-refractivity contribution in [1.82, 2.24) is 9.55 Å². The van der Waals surface area contributed by atoms with E-state index in [0.29, 0.717) is 34.1 Å². The Morgan fingerprint density at radius 3 is 1.50 bits per heavy atom. The van der Waals surface area contributed by atoms with Crippen molar-refractivity contribution in [1.29, 1.82) is 0 Å². The van der Waals surface area contributed by atoms with Crippen LogP contribution in [-0.4, -0.2) is 89.9 Å². The fourth-order valence-corrected chi connectivity index (χ4v) is 4.73. The molecular formula is C35H44N6O3+2. The highest BCUT2D eigenvalue weighted by molar-refractivity contribution is 6.23. The van der Waals surface area contributed by atoms with Gasteiger partial charge < -0.3 is 9.80 Å². The third-order valence-corrected chi connectivity index (χ3v) is 7.73. The molecule has 1 aromatic heterocycles. The molecule has 0 N–H and O–H groups in total. The lowest BCUT2D eigenvalue weighted by Crippen LogP contribution is -2.28. The van der Waals surface area contributed by atoms with Crippen molar-refractivity contribution in [3.8, 4) is 0 Å². The van der Waals surface area contributed by atoms with E-state index in [0.717, 1.165) is 22.5 Å². The zero-order valence-electron chi connectivity index (χ0n) is 27.8. The molecule has 44 heavy (non-hydrogen) atoms. The first-order valence-corrected chi connectivity index (χ1v) is 14.3. The van der Waals surface area contributed by atoms with Gasteiger partial charge in [0, 0.05) is 53.5 Å². The lowest BCUT2D eigenvalue weighted by molar-refractivity contribution is -0.414. The largest absolute Gasteiger partial charge is 0.444 e. The minimum atomic E-state index is -0.333. The topological polar surface area (TPSA) is 81.5 Å². The second-order valence-electron chi connectivity index (χ2n) is 11.3. The molecule has 0 radical (unpaired) electrons. The molecule has 0 saturated carbocycles. The molecule has 0 aliphatic carbocycles. The number of imidazole rings is 1. The van der Waals surface area contributed by atoms with E-state index in [9.17, 15) is 14.4 Å². The van der Waals surface area contributed by atoms with Crippen molar-refractivity contribution in [2.45, 2.75) is 27.7 Å². The van der Waals surface area contributed by atoms with Crippen LogP contribution >= 0.6 is 0 Å². The fraction of sp³-hybridized carbons (Fsp3) is 0.314. The van der Waals surface area contributed by atoms with Crippen molar-refractivity contribution in [2.75, 3.05) is 52.1 Å². The zero-order valence-corrected chi connectivity index (χ0v) is 27.8. The smallest absolute Gasteiger partial charge is 0.378 e. The van der Waals surface area contributed by atoms with Gasteiger partial charge in [0.15, 0.2) is 17.3 Å². The SMILES string of the molecule is CC(=O)/C(=C\c1ccc(N(C)C)cc1)C(C)=[N+](C)C(=O)c1c(/[N+](C)=C(C)\C(=C\c2ccc(N(C)C)cc2)C(C)=O)ncn1C. The van der Waals surface area contributed by atoms with Gasteiger partial charge in [-0.05, 0) is 73.3 Å². The third kappa shape index (κ3) is 7.53. The van der Waals surface area contributed by atoms with Crippen LogP contribution in [0.1, 0.15) is 49.3 Å². The number of carbonyl (C=O) groups excluding carboxylic acids is 3. The number of hydrogen-bond donors (Lipinski definition) is 0. The zero-order chi connectivity index (χ0) is 32.9. The van der Waals surface area contributed by atoms with Crippen LogP contribution in [0.5, 0.6) is 0 Å². The van der Waals surface area contributed by atoms with Gasteiger partial charge in [-0.1, -0.05) is 24.3 Å². The van der Waals surface area contributed by atoms with Crippen LogP contribution in [0.4, 0.5) is 17.2 Å². The van der Waals surface area contributed by atoms with Crippen LogP contribution in [0, 0.1) is 0 Å². The lowest BCUT2D eigenvalue weighted by atomic mass is 10.0. The van der Waals surface area contributed by atoms with Crippen LogP contribution in [0.3, 0.4) is 0 Å². The standard InChI is InChI=1S/C35H44N6O3/c1-23(31(25(3)42)20-27-12-16-29(17-13-27)37(5)6)40(10)34-33(39(9)22-36-34)35(44)41(11)24(2)32(26(4)43)21-28-14-18-30(19-15-28)38(7)8/h12-22H,1-11H3/q+2. The normalized spacial score (nSPS) is 13.2. The summed E-state index contributed by atoms with van der Waals surface area (Å²) in [7, 11) is 13.1. The quantitative estimate of drug-likeness (QED) is 0.189. The lowest BCUT2D eigenvalue weighted by Gasteiger charge is -2.12. The van der Waals surface area contributed by atoms with Gasteiger partial charge in [0.1, 0.15) is 12.8 Å². The number of nitrogens with zero attached hydrogens (tertiary/aromatic N) is 6. The van der Waals surface area contributed by atoms with Gasteiger partial charge in [-0.15, -0.1) is 0 Å². The molecule has 0 atom stereocenters. The summed E-state index contributed by atoms with van der Waals surface area (Å²) in [5, 5.41) is 0. The minimum Gasteiger partial charge on any atom is -0.378 e. The first kappa shape index (κ1) is 33.6. The highest BCUT2D eigenvalue weighted by Gasteiger charge is 2.35. The molecule has 3 aromatic rings. The molecule has 0 aliphatic rings. The Balaban J connectivity index is 2.07. The number of rotatable bonds is 10. The van der Waals surface area contributed by atoms with Crippen LogP contribution in [0.15, 0.2) is 66.0 Å². The third-order valence-electron chi connectivity index (χ3n) is 7.73. The molecule has 0 fully saturated rings. The first-order valence-electron chi connectivity index (χ1n) is 14.3. The molecule has 3 rings (SSSR count). The Labute approximate surface area is 260 Å². The number of ketones is 2. The van der Waals surface area contributed by atoms with Crippen molar-refractivity contribution in [3.05, 3.63) is 82.8 Å². The van der Waals surface area contributed by atoms with E-state index in [4.69, 9.17) is 0 Å². The van der Waals surface area contributed by atoms with Crippen LogP contribution in [-0.2, 0) is 16.6 Å². The molecule has 0 spiro atoms. The average molecular weight is 597 g/mol. The number of aromatic nitrogens is 2. The van der Waals surface area contributed by atoms with Gasteiger partial charge in [-0.3, -0.25) is 14.2 Å². The summed E-state index contributed by atoms with van der Waals surface area (Å²) in [6.45, 7) is 6.61. The highest BCUT2D eigenvalue weighted by atomic mass is 16.2. The molecule has 9 nitrogen and oxygen atoms in total. The van der Waals surface area contributed by atoms with Crippen molar-refractivity contribution < 1.29 is 23.5 Å². The van der Waals surface area contributed by atoms with Crippen molar-refractivity contribution >= 4 is 58.2 Å². The molecule has 1 amide bonds. The van der Waals surface area contributed by atoms with Gasteiger partial charge in [0.2, 0.25) is 6.33 Å². The molecule has 1 heterocycles. The summed E-state index contributed by atoms with van der Waals surface area (Å²) < 4.78 is 4.88. The summed E-state index contributed by atoms with van der Waals surface area (Å²) in [4.78, 5) is 48.1. The number of Topliss-reactive ketones (excluding diaryl/α,β-unsaturated/α-hetero) is 2. The number of benzene rings is 2. The molecule has 0 aliphatic heterocycles. The maximum absolute atomic E-state index is 14.0. The second kappa shape index (κ2) is 14.0. The van der Waals surface area contributed by atoms with Gasteiger partial charge >= 0.3 is 11.7 Å². The second-order valence-corrected chi connectivity index (χ2v) is 11.3. The van der Waals surface area contributed by atoms with Crippen molar-refractivity contribution in [3.63, 3.8) is 0 Å². The Hall–Kier alpha value is -4.92. The molecule has 9 heteroatoms. The number of carbonyl (C=O) groups is 3. The summed E-state index contributed by atoms with van der Waals surface area (Å²) in [5.41, 5.74) is 6.27. The van der Waals surface area contributed by atoms with Gasteiger partial charge in [0.05, 0.1) is 18.2 Å². The van der Waals surface area contributed by atoms with Crippen LogP contribution < -0.4 is 9.80 Å². The molecular weight excluding hydrogens is 552 g/mol. The number of aryl methyl sites for hydroxylation is 1. The van der Waals surface area contributed by atoms with Gasteiger partial charge in [-0.2, -0.15) is 4.58 Å². The number of anilines is 2. The monoisotopic (exact) mass is 596 g/mol. The predicted octanol–water partition coefficient (Wildman–Crippen LogP) is 4.88. The average Bonchev–Trinajstić information content (AvgIpc) is 3.37. The molecule has 230 valence electrons. The highest BCUT2D eigenvalue weighted by Crippen LogP contribution is 2.21. The van der Waals surface area contributed by atoms with Crippen LogP contribution in [0.25, 0.3) is 12.2 Å². The minimum absolute atomic E-state index is 0.106. The summed E-state index contributed by atoms with van der Waals surface area (Å²) >= 11 is 0. The Bertz CT molecular complexity index is 1700. The van der Waals surface area contributed by atoms with E-state index >= 15 is 0 Å². The predicted molar refractivity (Wildman–Crippen MR) is 180 cm³/mol. The summed E-state index contributed by atoms with van der Waals surface area (Å²) in [6.07, 6.45) is 5.21. The van der Waals surface area contributed by atoms with E-state index in [1.807, 2.05) is 99.5 Å². The van der Waals surface area contributed by atoms with E-state index in [1.165, 1.54) is 18.4 Å². The maximum atomic E-state index is 14.0. The van der Waals surface area contributed by atoms with Gasteiger partial charge in [0.25, 0.3) is 5.69 Å². The van der Waals surface area contributed by atoms with E-state index in [2.05, 4.69) is 4.98 Å². The summed E-state index contributed by atoms with van der Waals surface area (Å²) in [5.74, 6) is -0.191. The maximum Gasteiger partial charge on any atom is 0.444 e. The Kier molecular flexibility index (Phi) is 10.7. The number of allylic oxidation sites excluding steroid dienone is 2. The molecule has 2 aromatic carbocycles. The van der Waals surface area contributed by atoms with E-state index in [-0.39, 0.29) is 17.5 Å². The summed E-state index contributed by atoms with van der Waals surface area (Å²) in [6, 6.07) is 15.8. The molecule has 0 bridgehead atoms. The van der Waals surface area contributed by atoms with E-state index < -0.39 is 0 Å². The van der Waals surface area contributed by atoms with E-state index in [1.54, 1.807) is 49.6 Å². The van der Waals surface area contributed by atoms with Crippen LogP contribution in [0.2, 0.25) is 0 Å². The Morgan fingerprint density at radius 1 is 0.705 bits per heavy atom. The fourth-order valence-electron chi connectivity index (χ4n) is 4.73. The Morgan fingerprint density at radius 2 is 1.11 bits per heavy atom. The number of amides is 1. The molecule has 0 saturated heterocycles. The van der Waals surface area contributed by atoms with Gasteiger partial charge in [-0.25, -0.2) is 9.37 Å². The first-order chi connectivity index (χ1) is 20.6. The van der Waals surface area contributed by atoms with Crippen molar-refractivity contribution in [2.24, 2.45) is 7.05 Å².